The number of hydrogen-bond donors (Lipinski definition) is 5. The standard InChI is InChI=1S/C36H46ClN3O4.C34H42ClN3O4.C2HF3O2.CH3I/c1-6-26-11-7-12-29(23-26)33-31(14-8-15-32(33)37)36(43,20-10-21-38-35(42)44-5)30-13-9-22-39(24-30)34(41)28-18-16-27(17-19-28)25-40(2,3)4;1-4-24-9-5-10-27(21-24)31-29(12-6-13-30(31)35)34(41,18-8-19-37-33(40)42-3)28-11-7-20-38(23-28)32(39)26-16-14-25(15-17-26)22-36-2;3-2(4,5)1(6)7;1-2/h7-8,11-12,14-19,23,30,43H,6,9-10,13,20-22,24-25H2,1-5H3;5-6,9-10,12-17,21,28,36,41H,4,7-8,11,18-20,22-23H2,1-3H3,(H,37,40);(H,6,7);1H3/t30-,36?;28-,34?;;/m11../s1. The summed E-state index contributed by atoms with van der Waals surface area (Å²) in [5.74, 6) is -3.53. The minimum Gasteiger partial charge on any atom is -0.542 e. The molecule has 2 fully saturated rings. The lowest BCUT2D eigenvalue weighted by Crippen LogP contribution is -2.48. The minimum atomic E-state index is -5.19. The second kappa shape index (κ2) is 37.6. The molecular weight excluding hydrogens is 1380 g/mol. The van der Waals surface area contributed by atoms with E-state index in [9.17, 15) is 42.6 Å². The summed E-state index contributed by atoms with van der Waals surface area (Å²) in [6, 6.07) is 43.5. The van der Waals surface area contributed by atoms with Gasteiger partial charge in [-0.1, -0.05) is 157 Å². The van der Waals surface area contributed by atoms with Crippen LogP contribution in [0.2, 0.25) is 10.0 Å². The molecule has 2 saturated heterocycles. The molecule has 516 valence electrons. The average Bonchev–Trinajstić information content (AvgIpc) is 0.766. The lowest BCUT2D eigenvalue weighted by Gasteiger charge is -2.44. The molecule has 5 N–H and O–H groups in total. The number of carbonyl (C=O) groups excluding carboxylic acids is 5. The second-order valence-electron chi connectivity index (χ2n) is 24.7. The largest absolute Gasteiger partial charge is 0.542 e. The van der Waals surface area contributed by atoms with Gasteiger partial charge in [0.15, 0.2) is 0 Å². The smallest absolute Gasteiger partial charge is 0.430 e. The number of piperidine rings is 2. The molecule has 2 aliphatic rings. The summed E-state index contributed by atoms with van der Waals surface area (Å²) in [6.07, 6.45) is 0.421. The van der Waals surface area contributed by atoms with Crippen LogP contribution < -0.4 is 21.1 Å². The van der Waals surface area contributed by atoms with Crippen LogP contribution in [0.3, 0.4) is 0 Å². The number of benzene rings is 6. The highest BCUT2D eigenvalue weighted by Crippen LogP contribution is 2.48. The van der Waals surface area contributed by atoms with Crippen molar-refractivity contribution in [2.75, 3.05) is 86.6 Å². The molecule has 0 bridgehead atoms. The molecular formula is C73H92Cl2F3IN6O10. The quantitative estimate of drug-likeness (QED) is 0.0187. The molecule has 2 aliphatic heterocycles. The van der Waals surface area contributed by atoms with E-state index in [4.69, 9.17) is 42.6 Å². The normalized spacial score (nSPS) is 15.9. The maximum absolute atomic E-state index is 13.7. The first-order chi connectivity index (χ1) is 45.2. The number of amides is 4. The summed E-state index contributed by atoms with van der Waals surface area (Å²) in [7, 11) is 11.0. The number of carboxylic acids is 1. The number of ether oxygens (including phenoxy) is 2. The summed E-state index contributed by atoms with van der Waals surface area (Å²) < 4.78 is 41.8. The first-order valence-corrected chi connectivity index (χ1v) is 34.8. The fourth-order valence-electron chi connectivity index (χ4n) is 12.3. The van der Waals surface area contributed by atoms with Gasteiger partial charge in [-0.15, -0.1) is 0 Å². The molecule has 2 heterocycles. The maximum Gasteiger partial charge on any atom is 0.430 e. The van der Waals surface area contributed by atoms with Crippen molar-refractivity contribution >= 4 is 75.8 Å². The molecule has 8 rings (SSSR count). The number of carboxylic acid groups (broad SMARTS) is 1. The zero-order valence-electron chi connectivity index (χ0n) is 55.9. The third-order valence-corrected chi connectivity index (χ3v) is 17.7. The van der Waals surface area contributed by atoms with E-state index in [1.165, 1.54) is 30.9 Å². The van der Waals surface area contributed by atoms with Gasteiger partial charge in [0.25, 0.3) is 11.8 Å². The van der Waals surface area contributed by atoms with Gasteiger partial charge in [0.1, 0.15) is 12.5 Å². The Labute approximate surface area is 581 Å². The highest BCUT2D eigenvalue weighted by atomic mass is 127. The van der Waals surface area contributed by atoms with Gasteiger partial charge in [0, 0.05) is 95.5 Å². The van der Waals surface area contributed by atoms with Crippen LogP contribution in [0.4, 0.5) is 22.8 Å². The topological polar surface area (TPSA) is 210 Å². The Balaban J connectivity index is 0.000000305. The molecule has 4 atom stereocenters. The maximum atomic E-state index is 13.7. The van der Waals surface area contributed by atoms with Crippen LogP contribution in [-0.2, 0) is 51.4 Å². The van der Waals surface area contributed by atoms with Crippen molar-refractivity contribution < 1.29 is 66.4 Å². The first-order valence-electron chi connectivity index (χ1n) is 31.9. The van der Waals surface area contributed by atoms with Gasteiger partial charge in [-0.05, 0) is 152 Å². The van der Waals surface area contributed by atoms with Crippen molar-refractivity contribution in [3.63, 3.8) is 0 Å². The third kappa shape index (κ3) is 22.6. The average molecular weight is 1470 g/mol. The Bertz CT molecular complexity index is 3470. The van der Waals surface area contributed by atoms with Crippen LogP contribution >= 0.6 is 45.8 Å². The van der Waals surface area contributed by atoms with Crippen LogP contribution in [0.5, 0.6) is 0 Å². The predicted molar refractivity (Wildman–Crippen MR) is 375 cm³/mol. The Morgan fingerprint density at radius 2 is 0.989 bits per heavy atom. The number of aliphatic hydroxyl groups is 2. The van der Waals surface area contributed by atoms with Gasteiger partial charge >= 0.3 is 18.4 Å². The number of aryl methyl sites for hydroxylation is 2. The van der Waals surface area contributed by atoms with Gasteiger partial charge in [0.05, 0.1) is 46.6 Å². The van der Waals surface area contributed by atoms with Gasteiger partial charge in [-0.25, -0.2) is 9.59 Å². The van der Waals surface area contributed by atoms with E-state index in [0.717, 1.165) is 95.0 Å². The molecule has 2 unspecified atom stereocenters. The predicted octanol–water partition coefficient (Wildman–Crippen LogP) is 13.2. The van der Waals surface area contributed by atoms with Crippen molar-refractivity contribution in [3.8, 4) is 22.3 Å². The van der Waals surface area contributed by atoms with Crippen molar-refractivity contribution in [1.29, 1.82) is 0 Å². The Kier molecular flexibility index (Phi) is 31.3. The SMILES string of the molecule is CCc1cccc(-c2c(Cl)cccc2C(O)(CCCNC(=O)OC)[C@@H]2CCCN(C(=O)c3ccc(CNC)cc3)C2)c1.CCc1cccc(-c2c(Cl)cccc2C(O)(CCCNC(=O)OC)[C@@H]2CCCN(C(=O)c3ccc(C[N+](C)(C)C)cc3)C2)c1.CI.O=C([O-])C(F)(F)F. The number of carbonyl (C=O) groups is 5. The summed E-state index contributed by atoms with van der Waals surface area (Å²) >= 11 is 15.9. The highest BCUT2D eigenvalue weighted by Gasteiger charge is 2.45. The molecule has 0 aliphatic carbocycles. The zero-order chi connectivity index (χ0) is 70.1. The van der Waals surface area contributed by atoms with Crippen LogP contribution in [0.15, 0.2) is 133 Å². The van der Waals surface area contributed by atoms with E-state index in [0.29, 0.717) is 86.1 Å². The molecule has 16 nitrogen and oxygen atoms in total. The molecule has 22 heteroatoms. The molecule has 0 saturated carbocycles. The monoisotopic (exact) mass is 1470 g/mol. The number of halogens is 6. The molecule has 6 aromatic carbocycles. The summed E-state index contributed by atoms with van der Waals surface area (Å²) in [5.41, 5.74) is 8.37. The number of methoxy groups -OCH3 is 2. The molecule has 4 amide bonds. The number of alkyl halides is 4. The van der Waals surface area contributed by atoms with Crippen LogP contribution in [0, 0.1) is 11.8 Å². The van der Waals surface area contributed by atoms with Crippen molar-refractivity contribution in [2.24, 2.45) is 11.8 Å². The lowest BCUT2D eigenvalue weighted by molar-refractivity contribution is -0.884. The van der Waals surface area contributed by atoms with Gasteiger partial charge in [-0.3, -0.25) is 9.59 Å². The zero-order valence-corrected chi connectivity index (χ0v) is 59.5. The van der Waals surface area contributed by atoms with E-state index in [1.807, 2.05) is 131 Å². The van der Waals surface area contributed by atoms with Crippen LogP contribution in [0.25, 0.3) is 22.3 Å². The number of hydrogen-bond acceptors (Lipinski definition) is 11. The third-order valence-electron chi connectivity index (χ3n) is 17.0. The summed E-state index contributed by atoms with van der Waals surface area (Å²) in [6.45, 7) is 8.64. The molecule has 6 aromatic rings. The summed E-state index contributed by atoms with van der Waals surface area (Å²) in [5, 5.41) is 44.0. The number of nitrogens with zero attached hydrogens (tertiary/aromatic N) is 3. The molecule has 0 spiro atoms. The van der Waals surface area contributed by atoms with E-state index >= 15 is 0 Å². The highest BCUT2D eigenvalue weighted by molar-refractivity contribution is 14.1. The Morgan fingerprint density at radius 3 is 1.34 bits per heavy atom. The number of nitrogens with one attached hydrogen (secondary N) is 3. The number of likely N-dealkylation sites (tertiary alicyclic amines) is 2. The number of rotatable bonds is 22. The Hall–Kier alpha value is -6.79. The Morgan fingerprint density at radius 1 is 0.611 bits per heavy atom. The molecule has 0 radical (unpaired) electrons. The number of alkyl carbamates (subject to hydrolysis) is 2. The number of aliphatic carboxylic acids is 1. The van der Waals surface area contributed by atoms with Crippen molar-refractivity contribution in [1.82, 2.24) is 25.8 Å². The van der Waals surface area contributed by atoms with Gasteiger partial charge in [0.2, 0.25) is 0 Å². The van der Waals surface area contributed by atoms with E-state index in [-0.39, 0.29) is 23.7 Å². The summed E-state index contributed by atoms with van der Waals surface area (Å²) in [4.78, 5) is 65.3. The fraction of sp³-hybridized carbons (Fsp3) is 0.438. The van der Waals surface area contributed by atoms with Crippen LogP contribution in [-0.4, -0.2) is 147 Å². The first kappa shape index (κ1) is 78.9. The minimum absolute atomic E-state index is 0.0248. The van der Waals surface area contributed by atoms with E-state index < -0.39 is 35.5 Å². The van der Waals surface area contributed by atoms with E-state index in [2.05, 4.69) is 97.8 Å². The van der Waals surface area contributed by atoms with Crippen LogP contribution in [0.1, 0.15) is 119 Å². The fourth-order valence-corrected chi connectivity index (χ4v) is 12.9. The second-order valence-corrected chi connectivity index (χ2v) is 25.5. The molecule has 0 aromatic heterocycles. The van der Waals surface area contributed by atoms with E-state index in [1.54, 1.807) is 0 Å². The van der Waals surface area contributed by atoms with Gasteiger partial charge < -0.3 is 59.8 Å². The van der Waals surface area contributed by atoms with Gasteiger partial charge in [-0.2, -0.15) is 13.2 Å². The lowest BCUT2D eigenvalue weighted by atomic mass is 9.72. The van der Waals surface area contributed by atoms with Crippen molar-refractivity contribution in [3.05, 3.63) is 188 Å². The molecule has 95 heavy (non-hydrogen) atoms. The van der Waals surface area contributed by atoms with Crippen molar-refractivity contribution in [2.45, 2.75) is 109 Å². The number of quaternary nitrogens is 1.